The molecule has 1 aliphatic rings. The maximum Gasteiger partial charge on any atom is 0.122 e. The Morgan fingerprint density at radius 1 is 1.40 bits per heavy atom. The lowest BCUT2D eigenvalue weighted by Crippen LogP contribution is -2.34. The standard InChI is InChI=1S/C13H19NO/c1-13(2)9-15-12-6-4-3-5-10(12)11(13)7-8-14/h3-6,11H,7-9,14H2,1-2H3. The molecule has 1 aliphatic heterocycles. The fourth-order valence-corrected chi connectivity index (χ4v) is 2.40. The van der Waals surface area contributed by atoms with Crippen molar-refractivity contribution in [2.24, 2.45) is 11.1 Å². The van der Waals surface area contributed by atoms with Crippen molar-refractivity contribution >= 4 is 0 Å². The van der Waals surface area contributed by atoms with Crippen molar-refractivity contribution in [3.05, 3.63) is 29.8 Å². The van der Waals surface area contributed by atoms with E-state index in [0.29, 0.717) is 5.92 Å². The molecular formula is C13H19NO. The maximum atomic E-state index is 5.77. The molecule has 1 aromatic rings. The van der Waals surface area contributed by atoms with Crippen LogP contribution in [-0.2, 0) is 0 Å². The second kappa shape index (κ2) is 3.86. The van der Waals surface area contributed by atoms with E-state index in [0.717, 1.165) is 25.3 Å². The average Bonchev–Trinajstić information content (AvgIpc) is 2.23. The van der Waals surface area contributed by atoms with Crippen LogP contribution < -0.4 is 10.5 Å². The van der Waals surface area contributed by atoms with Crippen LogP contribution in [0.25, 0.3) is 0 Å². The van der Waals surface area contributed by atoms with E-state index in [-0.39, 0.29) is 5.41 Å². The van der Waals surface area contributed by atoms with Crippen LogP contribution in [0.15, 0.2) is 24.3 Å². The summed E-state index contributed by atoms with van der Waals surface area (Å²) in [5.74, 6) is 1.56. The molecular weight excluding hydrogens is 186 g/mol. The molecule has 2 nitrogen and oxygen atoms in total. The molecule has 2 N–H and O–H groups in total. The van der Waals surface area contributed by atoms with Crippen LogP contribution in [0.3, 0.4) is 0 Å². The van der Waals surface area contributed by atoms with Gasteiger partial charge in [-0.05, 0) is 30.5 Å². The van der Waals surface area contributed by atoms with Gasteiger partial charge in [-0.15, -0.1) is 0 Å². The van der Waals surface area contributed by atoms with E-state index in [1.54, 1.807) is 0 Å². The van der Waals surface area contributed by atoms with Gasteiger partial charge in [0, 0.05) is 5.41 Å². The average molecular weight is 205 g/mol. The van der Waals surface area contributed by atoms with Crippen molar-refractivity contribution in [3.8, 4) is 5.75 Å². The lowest BCUT2D eigenvalue weighted by Gasteiger charge is -2.39. The number of nitrogens with two attached hydrogens (primary N) is 1. The Morgan fingerprint density at radius 3 is 2.87 bits per heavy atom. The van der Waals surface area contributed by atoms with Gasteiger partial charge in [0.05, 0.1) is 6.61 Å². The minimum Gasteiger partial charge on any atom is -0.493 e. The SMILES string of the molecule is CC1(C)COc2ccccc2C1CCN. The summed E-state index contributed by atoms with van der Waals surface area (Å²) in [6, 6.07) is 8.31. The lowest BCUT2D eigenvalue weighted by molar-refractivity contribution is 0.117. The van der Waals surface area contributed by atoms with Crippen molar-refractivity contribution in [2.45, 2.75) is 26.2 Å². The molecule has 1 aromatic carbocycles. The zero-order valence-electron chi connectivity index (χ0n) is 9.49. The maximum absolute atomic E-state index is 5.77. The van der Waals surface area contributed by atoms with Crippen LogP contribution >= 0.6 is 0 Å². The number of benzene rings is 1. The summed E-state index contributed by atoms with van der Waals surface area (Å²) < 4.78 is 5.77. The second-order valence-electron chi connectivity index (χ2n) is 4.95. The molecule has 0 aliphatic carbocycles. The van der Waals surface area contributed by atoms with Crippen LogP contribution in [-0.4, -0.2) is 13.2 Å². The molecule has 0 amide bonds. The van der Waals surface area contributed by atoms with E-state index in [9.17, 15) is 0 Å². The fourth-order valence-electron chi connectivity index (χ4n) is 2.40. The first-order chi connectivity index (χ1) is 7.15. The molecule has 1 atom stereocenters. The smallest absolute Gasteiger partial charge is 0.122 e. The molecule has 2 rings (SSSR count). The number of para-hydroxylation sites is 1. The summed E-state index contributed by atoms with van der Waals surface area (Å²) in [4.78, 5) is 0. The summed E-state index contributed by atoms with van der Waals surface area (Å²) in [6.07, 6.45) is 1.04. The predicted octanol–water partition coefficient (Wildman–Crippen LogP) is 2.54. The van der Waals surface area contributed by atoms with Crippen LogP contribution in [0.1, 0.15) is 31.7 Å². The number of ether oxygens (including phenoxy) is 1. The minimum absolute atomic E-state index is 0.188. The van der Waals surface area contributed by atoms with Gasteiger partial charge in [0.25, 0.3) is 0 Å². The monoisotopic (exact) mass is 205 g/mol. The van der Waals surface area contributed by atoms with Crippen LogP contribution in [0, 0.1) is 5.41 Å². The van der Waals surface area contributed by atoms with Crippen LogP contribution in [0.4, 0.5) is 0 Å². The van der Waals surface area contributed by atoms with E-state index < -0.39 is 0 Å². The Labute approximate surface area is 91.4 Å². The first-order valence-electron chi connectivity index (χ1n) is 5.57. The van der Waals surface area contributed by atoms with Gasteiger partial charge >= 0.3 is 0 Å². The van der Waals surface area contributed by atoms with Crippen molar-refractivity contribution in [1.29, 1.82) is 0 Å². The van der Waals surface area contributed by atoms with Crippen molar-refractivity contribution < 1.29 is 4.74 Å². The minimum atomic E-state index is 0.188. The van der Waals surface area contributed by atoms with Crippen molar-refractivity contribution in [1.82, 2.24) is 0 Å². The fraction of sp³-hybridized carbons (Fsp3) is 0.538. The highest BCUT2D eigenvalue weighted by Crippen LogP contribution is 2.45. The van der Waals surface area contributed by atoms with E-state index in [2.05, 4.69) is 26.0 Å². The summed E-state index contributed by atoms with van der Waals surface area (Å²) in [5.41, 5.74) is 7.20. The van der Waals surface area contributed by atoms with Gasteiger partial charge in [0.2, 0.25) is 0 Å². The highest BCUT2D eigenvalue weighted by Gasteiger charge is 2.36. The molecule has 15 heavy (non-hydrogen) atoms. The zero-order valence-corrected chi connectivity index (χ0v) is 9.49. The van der Waals surface area contributed by atoms with E-state index in [4.69, 9.17) is 10.5 Å². The quantitative estimate of drug-likeness (QED) is 0.805. The first kappa shape index (κ1) is 10.5. The van der Waals surface area contributed by atoms with Gasteiger partial charge in [0.15, 0.2) is 0 Å². The summed E-state index contributed by atoms with van der Waals surface area (Å²) in [5, 5.41) is 0. The van der Waals surface area contributed by atoms with Crippen LogP contribution in [0.2, 0.25) is 0 Å². The topological polar surface area (TPSA) is 35.2 Å². The molecule has 0 spiro atoms. The number of hydrogen-bond acceptors (Lipinski definition) is 2. The third-order valence-electron chi connectivity index (χ3n) is 3.29. The Bertz CT molecular complexity index is 346. The van der Waals surface area contributed by atoms with Gasteiger partial charge < -0.3 is 10.5 Å². The Morgan fingerprint density at radius 2 is 2.13 bits per heavy atom. The zero-order chi connectivity index (χ0) is 10.9. The molecule has 1 unspecified atom stereocenters. The van der Waals surface area contributed by atoms with E-state index in [1.165, 1.54) is 5.56 Å². The molecule has 0 aromatic heterocycles. The van der Waals surface area contributed by atoms with Gasteiger partial charge in [-0.25, -0.2) is 0 Å². The number of hydrogen-bond donors (Lipinski definition) is 1. The van der Waals surface area contributed by atoms with Gasteiger partial charge in [-0.2, -0.15) is 0 Å². The number of rotatable bonds is 2. The second-order valence-corrected chi connectivity index (χ2v) is 4.95. The summed E-state index contributed by atoms with van der Waals surface area (Å²) in [6.45, 7) is 6.03. The lowest BCUT2D eigenvalue weighted by atomic mass is 9.72. The van der Waals surface area contributed by atoms with E-state index in [1.807, 2.05) is 12.1 Å². The predicted molar refractivity (Wildman–Crippen MR) is 62.1 cm³/mol. The molecule has 2 heteroatoms. The molecule has 0 radical (unpaired) electrons. The third kappa shape index (κ3) is 1.86. The third-order valence-corrected chi connectivity index (χ3v) is 3.29. The summed E-state index contributed by atoms with van der Waals surface area (Å²) >= 11 is 0. The molecule has 82 valence electrons. The Hall–Kier alpha value is -1.02. The van der Waals surface area contributed by atoms with Gasteiger partial charge in [-0.3, -0.25) is 0 Å². The molecule has 0 fully saturated rings. The van der Waals surface area contributed by atoms with Crippen molar-refractivity contribution in [3.63, 3.8) is 0 Å². The van der Waals surface area contributed by atoms with Crippen LogP contribution in [0.5, 0.6) is 5.75 Å². The summed E-state index contributed by atoms with van der Waals surface area (Å²) in [7, 11) is 0. The molecule has 0 bridgehead atoms. The normalized spacial score (nSPS) is 23.0. The highest BCUT2D eigenvalue weighted by atomic mass is 16.5. The largest absolute Gasteiger partial charge is 0.493 e. The Balaban J connectivity index is 2.39. The molecule has 0 saturated heterocycles. The molecule has 1 heterocycles. The first-order valence-corrected chi connectivity index (χ1v) is 5.57. The van der Waals surface area contributed by atoms with Gasteiger partial charge in [0.1, 0.15) is 5.75 Å². The van der Waals surface area contributed by atoms with Crippen molar-refractivity contribution in [2.75, 3.05) is 13.2 Å². The highest BCUT2D eigenvalue weighted by molar-refractivity contribution is 5.39. The van der Waals surface area contributed by atoms with E-state index >= 15 is 0 Å². The molecule has 0 saturated carbocycles. The Kier molecular flexibility index (Phi) is 2.70. The number of fused-ring (bicyclic) bond motifs is 1. The van der Waals surface area contributed by atoms with Gasteiger partial charge in [-0.1, -0.05) is 32.0 Å².